The maximum Gasteiger partial charge on any atom is 0.267 e. The van der Waals surface area contributed by atoms with Crippen LogP contribution in [0.5, 0.6) is 0 Å². The van der Waals surface area contributed by atoms with E-state index in [2.05, 4.69) is 15.4 Å². The van der Waals surface area contributed by atoms with Crippen molar-refractivity contribution >= 4 is 16.6 Å². The molecule has 3 heterocycles. The first-order valence-electron chi connectivity index (χ1n) is 9.07. The molecule has 1 saturated carbocycles. The van der Waals surface area contributed by atoms with Crippen LogP contribution in [0.15, 0.2) is 53.5 Å². The van der Waals surface area contributed by atoms with Gasteiger partial charge in [-0.15, -0.1) is 0 Å². The van der Waals surface area contributed by atoms with Gasteiger partial charge in [0.25, 0.3) is 5.56 Å². The Labute approximate surface area is 150 Å². The lowest BCUT2D eigenvalue weighted by Crippen LogP contribution is -2.37. The van der Waals surface area contributed by atoms with Crippen molar-refractivity contribution in [3.8, 4) is 0 Å². The molecule has 2 atom stereocenters. The molecule has 132 valence electrons. The smallest absolute Gasteiger partial charge is 0.267 e. The van der Waals surface area contributed by atoms with Gasteiger partial charge in [-0.1, -0.05) is 18.2 Å². The SMILES string of the molecule is O=c1ccc(C2CC2)nn1C1COCC1Nc1ccnc2ccccc12. The van der Waals surface area contributed by atoms with E-state index in [4.69, 9.17) is 4.74 Å². The monoisotopic (exact) mass is 348 g/mol. The molecule has 3 aromatic rings. The lowest BCUT2D eigenvalue weighted by atomic mass is 10.1. The maximum atomic E-state index is 12.4. The molecule has 1 N–H and O–H groups in total. The van der Waals surface area contributed by atoms with Crippen molar-refractivity contribution in [2.24, 2.45) is 0 Å². The van der Waals surface area contributed by atoms with Crippen LogP contribution in [0, 0.1) is 0 Å². The standard InChI is InChI=1S/C20H20N4O2/c25-20-8-7-15(13-5-6-13)23-24(20)19-12-26-11-18(19)22-17-9-10-21-16-4-2-1-3-14(16)17/h1-4,7-10,13,18-19H,5-6,11-12H2,(H,21,22). The summed E-state index contributed by atoms with van der Waals surface area (Å²) in [5.74, 6) is 0.514. The molecular weight excluding hydrogens is 328 g/mol. The zero-order chi connectivity index (χ0) is 17.5. The number of aromatic nitrogens is 3. The van der Waals surface area contributed by atoms with Crippen molar-refractivity contribution in [1.29, 1.82) is 0 Å². The first-order valence-corrected chi connectivity index (χ1v) is 9.07. The van der Waals surface area contributed by atoms with E-state index in [-0.39, 0.29) is 17.6 Å². The normalized spacial score (nSPS) is 22.6. The second kappa shape index (κ2) is 6.21. The molecule has 1 aliphatic heterocycles. The van der Waals surface area contributed by atoms with Crippen molar-refractivity contribution in [2.45, 2.75) is 30.8 Å². The van der Waals surface area contributed by atoms with Gasteiger partial charge in [0, 0.05) is 29.3 Å². The second-order valence-corrected chi connectivity index (χ2v) is 7.05. The molecule has 1 aliphatic carbocycles. The highest BCUT2D eigenvalue weighted by Crippen LogP contribution is 2.38. The number of hydrogen-bond acceptors (Lipinski definition) is 5. The molecule has 2 unspecified atom stereocenters. The zero-order valence-corrected chi connectivity index (χ0v) is 14.3. The Morgan fingerprint density at radius 2 is 1.96 bits per heavy atom. The molecule has 0 radical (unpaired) electrons. The van der Waals surface area contributed by atoms with Crippen LogP contribution < -0.4 is 10.9 Å². The third-order valence-electron chi connectivity index (χ3n) is 5.20. The van der Waals surface area contributed by atoms with Gasteiger partial charge < -0.3 is 10.1 Å². The number of fused-ring (bicyclic) bond motifs is 1. The highest BCUT2D eigenvalue weighted by atomic mass is 16.5. The number of hydrogen-bond donors (Lipinski definition) is 1. The predicted molar refractivity (Wildman–Crippen MR) is 99.5 cm³/mol. The van der Waals surface area contributed by atoms with Gasteiger partial charge in [0.2, 0.25) is 0 Å². The Morgan fingerprint density at radius 3 is 2.85 bits per heavy atom. The highest BCUT2D eigenvalue weighted by molar-refractivity contribution is 5.91. The van der Waals surface area contributed by atoms with Crippen molar-refractivity contribution in [1.82, 2.24) is 14.8 Å². The zero-order valence-electron chi connectivity index (χ0n) is 14.3. The minimum atomic E-state index is -0.117. The lowest BCUT2D eigenvalue weighted by molar-refractivity contribution is 0.182. The number of rotatable bonds is 4. The van der Waals surface area contributed by atoms with Gasteiger partial charge in [-0.2, -0.15) is 5.10 Å². The van der Waals surface area contributed by atoms with Crippen molar-refractivity contribution in [3.05, 3.63) is 64.7 Å². The number of pyridine rings is 1. The van der Waals surface area contributed by atoms with E-state index < -0.39 is 0 Å². The van der Waals surface area contributed by atoms with E-state index in [0.717, 1.165) is 35.1 Å². The Kier molecular flexibility index (Phi) is 3.71. The number of ether oxygens (including phenoxy) is 1. The van der Waals surface area contributed by atoms with Gasteiger partial charge in [-0.3, -0.25) is 9.78 Å². The van der Waals surface area contributed by atoms with Gasteiger partial charge in [-0.25, -0.2) is 4.68 Å². The van der Waals surface area contributed by atoms with Gasteiger partial charge in [-0.05, 0) is 31.0 Å². The van der Waals surface area contributed by atoms with Gasteiger partial charge in [0.1, 0.15) is 6.04 Å². The Bertz CT molecular complexity index is 1010. The van der Waals surface area contributed by atoms with Crippen LogP contribution in [0.4, 0.5) is 5.69 Å². The van der Waals surface area contributed by atoms with Crippen LogP contribution in [-0.2, 0) is 4.74 Å². The number of para-hydroxylation sites is 1. The maximum absolute atomic E-state index is 12.4. The van der Waals surface area contributed by atoms with Gasteiger partial charge >= 0.3 is 0 Å². The third kappa shape index (κ3) is 2.76. The quantitative estimate of drug-likeness (QED) is 0.785. The van der Waals surface area contributed by atoms with Crippen LogP contribution in [0.2, 0.25) is 0 Å². The summed E-state index contributed by atoms with van der Waals surface area (Å²) in [6.07, 6.45) is 4.13. The summed E-state index contributed by atoms with van der Waals surface area (Å²) in [6.45, 7) is 1.03. The summed E-state index contributed by atoms with van der Waals surface area (Å²) in [4.78, 5) is 16.8. The minimum absolute atomic E-state index is 0.0135. The van der Waals surface area contributed by atoms with Crippen molar-refractivity contribution in [3.63, 3.8) is 0 Å². The number of benzene rings is 1. The van der Waals surface area contributed by atoms with Crippen LogP contribution in [0.3, 0.4) is 0 Å². The van der Waals surface area contributed by atoms with E-state index in [1.54, 1.807) is 16.9 Å². The highest BCUT2D eigenvalue weighted by Gasteiger charge is 2.33. The fourth-order valence-corrected chi connectivity index (χ4v) is 3.62. The molecule has 6 heteroatoms. The van der Waals surface area contributed by atoms with Gasteiger partial charge in [0.05, 0.1) is 30.5 Å². The molecule has 26 heavy (non-hydrogen) atoms. The molecule has 1 saturated heterocycles. The molecule has 6 nitrogen and oxygen atoms in total. The predicted octanol–water partition coefficient (Wildman–Crippen LogP) is 2.72. The Hall–Kier alpha value is -2.73. The van der Waals surface area contributed by atoms with E-state index in [1.807, 2.05) is 36.4 Å². The summed E-state index contributed by atoms with van der Waals surface area (Å²) >= 11 is 0. The first-order chi connectivity index (χ1) is 12.8. The number of anilines is 1. The molecule has 1 aromatic carbocycles. The topological polar surface area (TPSA) is 69.0 Å². The lowest BCUT2D eigenvalue weighted by Gasteiger charge is -2.22. The van der Waals surface area contributed by atoms with Crippen LogP contribution in [0.25, 0.3) is 10.9 Å². The summed E-state index contributed by atoms with van der Waals surface area (Å²) in [6, 6.07) is 13.4. The number of nitrogens with zero attached hydrogens (tertiary/aromatic N) is 3. The average Bonchev–Trinajstić information content (AvgIpc) is 3.42. The van der Waals surface area contributed by atoms with E-state index in [1.165, 1.54) is 0 Å². The fourth-order valence-electron chi connectivity index (χ4n) is 3.62. The van der Waals surface area contributed by atoms with Gasteiger partial charge in [0.15, 0.2) is 0 Å². The van der Waals surface area contributed by atoms with Crippen LogP contribution in [-0.4, -0.2) is 34.0 Å². The number of nitrogens with one attached hydrogen (secondary N) is 1. The third-order valence-corrected chi connectivity index (χ3v) is 5.20. The Balaban J connectivity index is 1.48. The summed E-state index contributed by atoms with van der Waals surface area (Å²) in [5, 5.41) is 9.26. The summed E-state index contributed by atoms with van der Waals surface area (Å²) in [5.41, 5.74) is 2.89. The Morgan fingerprint density at radius 1 is 1.08 bits per heavy atom. The summed E-state index contributed by atoms with van der Waals surface area (Å²) < 4.78 is 7.31. The van der Waals surface area contributed by atoms with Crippen molar-refractivity contribution in [2.75, 3.05) is 18.5 Å². The molecule has 5 rings (SSSR count). The largest absolute Gasteiger partial charge is 0.377 e. The van der Waals surface area contributed by atoms with E-state index >= 15 is 0 Å². The molecule has 2 fully saturated rings. The van der Waals surface area contributed by atoms with Crippen LogP contribution >= 0.6 is 0 Å². The molecule has 0 amide bonds. The summed E-state index contributed by atoms with van der Waals surface area (Å²) in [7, 11) is 0. The fraction of sp³-hybridized carbons (Fsp3) is 0.350. The average molecular weight is 348 g/mol. The molecule has 0 bridgehead atoms. The second-order valence-electron chi connectivity index (χ2n) is 7.05. The molecule has 2 aromatic heterocycles. The van der Waals surface area contributed by atoms with E-state index in [9.17, 15) is 4.79 Å². The molecule has 0 spiro atoms. The van der Waals surface area contributed by atoms with Crippen molar-refractivity contribution < 1.29 is 4.74 Å². The molecular formula is C20H20N4O2. The van der Waals surface area contributed by atoms with E-state index in [0.29, 0.717) is 19.1 Å². The molecule has 2 aliphatic rings. The van der Waals surface area contributed by atoms with Crippen LogP contribution in [0.1, 0.15) is 30.5 Å². The minimum Gasteiger partial charge on any atom is -0.377 e. The first kappa shape index (κ1) is 15.5.